The molecule has 0 bridgehead atoms. The quantitative estimate of drug-likeness (QED) is 0.707. The first-order valence-electron chi connectivity index (χ1n) is 4.88. The van der Waals surface area contributed by atoms with Crippen molar-refractivity contribution in [2.24, 2.45) is 7.05 Å². The molecule has 1 unspecified atom stereocenters. The standard InChI is InChI=1S/C9H14ClN3O/c1-13-8(6-10)11-12-9(13)7-4-2-3-5-14-7/h7H,2-6H2,1H3. The molecule has 1 aliphatic heterocycles. The summed E-state index contributed by atoms with van der Waals surface area (Å²) in [4.78, 5) is 0. The van der Waals surface area contributed by atoms with Crippen molar-refractivity contribution >= 4 is 11.6 Å². The highest BCUT2D eigenvalue weighted by Crippen LogP contribution is 2.26. The van der Waals surface area contributed by atoms with Gasteiger partial charge in [-0.05, 0) is 19.3 Å². The third-order valence-electron chi connectivity index (χ3n) is 2.59. The van der Waals surface area contributed by atoms with Crippen LogP contribution in [0.4, 0.5) is 0 Å². The van der Waals surface area contributed by atoms with Gasteiger partial charge in [-0.25, -0.2) is 0 Å². The van der Waals surface area contributed by atoms with Crippen LogP contribution in [-0.4, -0.2) is 21.4 Å². The lowest BCUT2D eigenvalue weighted by atomic mass is 10.1. The fraction of sp³-hybridized carbons (Fsp3) is 0.778. The Morgan fingerprint density at radius 2 is 2.36 bits per heavy atom. The van der Waals surface area contributed by atoms with Crippen molar-refractivity contribution in [1.29, 1.82) is 0 Å². The predicted molar refractivity (Wildman–Crippen MR) is 53.1 cm³/mol. The van der Waals surface area contributed by atoms with Gasteiger partial charge in [-0.15, -0.1) is 21.8 Å². The Kier molecular flexibility index (Phi) is 3.03. The van der Waals surface area contributed by atoms with Gasteiger partial charge in [0.15, 0.2) is 5.82 Å². The van der Waals surface area contributed by atoms with E-state index in [1.165, 1.54) is 6.42 Å². The molecule has 0 N–H and O–H groups in total. The first-order chi connectivity index (χ1) is 6.83. The number of aromatic nitrogens is 3. The van der Waals surface area contributed by atoms with Gasteiger partial charge in [0.05, 0.1) is 5.88 Å². The molecular weight excluding hydrogens is 202 g/mol. The highest BCUT2D eigenvalue weighted by Gasteiger charge is 2.21. The van der Waals surface area contributed by atoms with Gasteiger partial charge in [-0.3, -0.25) is 0 Å². The van der Waals surface area contributed by atoms with E-state index >= 15 is 0 Å². The van der Waals surface area contributed by atoms with Gasteiger partial charge in [0.1, 0.15) is 11.9 Å². The van der Waals surface area contributed by atoms with Crippen molar-refractivity contribution in [1.82, 2.24) is 14.8 Å². The maximum atomic E-state index is 5.72. The Hall–Kier alpha value is -0.610. The number of nitrogens with zero attached hydrogens (tertiary/aromatic N) is 3. The zero-order chi connectivity index (χ0) is 9.97. The summed E-state index contributed by atoms with van der Waals surface area (Å²) >= 11 is 5.72. The van der Waals surface area contributed by atoms with Crippen LogP contribution in [-0.2, 0) is 17.7 Å². The minimum atomic E-state index is 0.109. The molecule has 1 fully saturated rings. The van der Waals surface area contributed by atoms with Crippen molar-refractivity contribution in [3.8, 4) is 0 Å². The van der Waals surface area contributed by atoms with Crippen molar-refractivity contribution in [3.63, 3.8) is 0 Å². The van der Waals surface area contributed by atoms with Gasteiger partial charge in [0.25, 0.3) is 0 Å². The molecule has 14 heavy (non-hydrogen) atoms. The minimum absolute atomic E-state index is 0.109. The molecule has 2 rings (SSSR count). The number of halogens is 1. The molecule has 0 amide bonds. The smallest absolute Gasteiger partial charge is 0.162 e. The predicted octanol–water partition coefficient (Wildman–Crippen LogP) is 1.80. The number of rotatable bonds is 2. The largest absolute Gasteiger partial charge is 0.370 e. The van der Waals surface area contributed by atoms with E-state index in [4.69, 9.17) is 16.3 Å². The summed E-state index contributed by atoms with van der Waals surface area (Å²) in [5.41, 5.74) is 0. The summed E-state index contributed by atoms with van der Waals surface area (Å²) < 4.78 is 7.57. The highest BCUT2D eigenvalue weighted by molar-refractivity contribution is 6.16. The fourth-order valence-electron chi connectivity index (χ4n) is 1.72. The van der Waals surface area contributed by atoms with E-state index in [0.29, 0.717) is 5.88 Å². The maximum absolute atomic E-state index is 5.72. The third kappa shape index (κ3) is 1.77. The second kappa shape index (κ2) is 4.28. The van der Waals surface area contributed by atoms with Gasteiger partial charge in [-0.1, -0.05) is 0 Å². The first-order valence-corrected chi connectivity index (χ1v) is 5.42. The summed E-state index contributed by atoms with van der Waals surface area (Å²) in [5, 5.41) is 8.12. The minimum Gasteiger partial charge on any atom is -0.370 e. The Morgan fingerprint density at radius 1 is 1.50 bits per heavy atom. The van der Waals surface area contributed by atoms with E-state index in [-0.39, 0.29) is 6.10 Å². The van der Waals surface area contributed by atoms with Crippen LogP contribution in [0.1, 0.15) is 37.0 Å². The molecule has 1 aromatic rings. The molecule has 4 nitrogen and oxygen atoms in total. The van der Waals surface area contributed by atoms with E-state index in [9.17, 15) is 0 Å². The maximum Gasteiger partial charge on any atom is 0.162 e. The average Bonchev–Trinajstić information content (AvgIpc) is 2.61. The van der Waals surface area contributed by atoms with Crippen LogP contribution >= 0.6 is 11.6 Å². The van der Waals surface area contributed by atoms with Crippen LogP contribution in [0, 0.1) is 0 Å². The van der Waals surface area contributed by atoms with E-state index in [1.54, 1.807) is 0 Å². The molecule has 0 saturated carbocycles. The Morgan fingerprint density at radius 3 is 2.93 bits per heavy atom. The molecule has 5 heteroatoms. The molecule has 1 aromatic heterocycles. The molecule has 0 aromatic carbocycles. The summed E-state index contributed by atoms with van der Waals surface area (Å²) in [6.07, 6.45) is 3.50. The number of ether oxygens (including phenoxy) is 1. The van der Waals surface area contributed by atoms with E-state index in [2.05, 4.69) is 10.2 Å². The molecule has 0 radical (unpaired) electrons. The van der Waals surface area contributed by atoms with Crippen LogP contribution in [0.25, 0.3) is 0 Å². The van der Waals surface area contributed by atoms with Crippen molar-refractivity contribution in [2.45, 2.75) is 31.2 Å². The Labute approximate surface area is 88.2 Å². The van der Waals surface area contributed by atoms with E-state index < -0.39 is 0 Å². The molecule has 0 spiro atoms. The van der Waals surface area contributed by atoms with Crippen LogP contribution < -0.4 is 0 Å². The fourth-order valence-corrected chi connectivity index (χ4v) is 1.95. The van der Waals surface area contributed by atoms with Crippen molar-refractivity contribution < 1.29 is 4.74 Å². The second-order valence-electron chi connectivity index (χ2n) is 3.52. The number of hydrogen-bond donors (Lipinski definition) is 0. The van der Waals surface area contributed by atoms with Crippen molar-refractivity contribution in [2.75, 3.05) is 6.61 Å². The second-order valence-corrected chi connectivity index (χ2v) is 3.79. The van der Waals surface area contributed by atoms with E-state index in [1.807, 2.05) is 11.6 Å². The van der Waals surface area contributed by atoms with E-state index in [0.717, 1.165) is 31.1 Å². The summed E-state index contributed by atoms with van der Waals surface area (Å²) in [5.74, 6) is 2.10. The van der Waals surface area contributed by atoms with Gasteiger partial charge in [0, 0.05) is 13.7 Å². The Bertz CT molecular complexity index is 307. The highest BCUT2D eigenvalue weighted by atomic mass is 35.5. The summed E-state index contributed by atoms with van der Waals surface area (Å²) in [6, 6.07) is 0. The summed E-state index contributed by atoms with van der Waals surface area (Å²) in [6.45, 7) is 0.827. The molecule has 1 aliphatic rings. The Balaban J connectivity index is 2.18. The molecule has 2 heterocycles. The van der Waals surface area contributed by atoms with Crippen LogP contribution in [0.2, 0.25) is 0 Å². The van der Waals surface area contributed by atoms with Crippen LogP contribution in [0.5, 0.6) is 0 Å². The van der Waals surface area contributed by atoms with Crippen molar-refractivity contribution in [3.05, 3.63) is 11.6 Å². The van der Waals surface area contributed by atoms with Gasteiger partial charge >= 0.3 is 0 Å². The zero-order valence-corrected chi connectivity index (χ0v) is 9.00. The van der Waals surface area contributed by atoms with Gasteiger partial charge in [0.2, 0.25) is 0 Å². The molecule has 0 aliphatic carbocycles. The third-order valence-corrected chi connectivity index (χ3v) is 2.82. The lowest BCUT2D eigenvalue weighted by Crippen LogP contribution is -2.15. The average molecular weight is 216 g/mol. The molecular formula is C9H14ClN3O. The molecule has 1 saturated heterocycles. The normalized spacial score (nSPS) is 22.6. The monoisotopic (exact) mass is 215 g/mol. The van der Waals surface area contributed by atoms with Crippen LogP contribution in [0.15, 0.2) is 0 Å². The lowest BCUT2D eigenvalue weighted by Gasteiger charge is -2.21. The zero-order valence-electron chi connectivity index (χ0n) is 8.24. The number of alkyl halides is 1. The molecule has 78 valence electrons. The SMILES string of the molecule is Cn1c(CCl)nnc1C1CCCCO1. The molecule has 1 atom stereocenters. The van der Waals surface area contributed by atoms with Gasteiger partial charge < -0.3 is 9.30 Å². The van der Waals surface area contributed by atoms with Crippen LogP contribution in [0.3, 0.4) is 0 Å². The lowest BCUT2D eigenvalue weighted by molar-refractivity contribution is 0.00759. The number of hydrogen-bond acceptors (Lipinski definition) is 3. The van der Waals surface area contributed by atoms with Gasteiger partial charge in [-0.2, -0.15) is 0 Å². The topological polar surface area (TPSA) is 39.9 Å². The first kappa shape index (κ1) is 9.93. The summed E-state index contributed by atoms with van der Waals surface area (Å²) in [7, 11) is 1.94.